The first-order chi connectivity index (χ1) is 10.6. The summed E-state index contributed by atoms with van der Waals surface area (Å²) >= 11 is 1.61. The smallest absolute Gasteiger partial charge is 0.255 e. The Morgan fingerprint density at radius 2 is 2.14 bits per heavy atom. The molecule has 2 aromatic rings. The predicted octanol–water partition coefficient (Wildman–Crippen LogP) is 2.94. The van der Waals surface area contributed by atoms with Crippen molar-refractivity contribution in [2.45, 2.75) is 32.7 Å². The predicted molar refractivity (Wildman–Crippen MR) is 88.4 cm³/mol. The maximum Gasteiger partial charge on any atom is 0.255 e. The van der Waals surface area contributed by atoms with Crippen molar-refractivity contribution in [2.24, 2.45) is 0 Å². The van der Waals surface area contributed by atoms with Gasteiger partial charge in [0.1, 0.15) is 10.8 Å². The number of carbonyl (C=O) groups is 1. The van der Waals surface area contributed by atoms with Crippen LogP contribution in [-0.2, 0) is 0 Å². The highest BCUT2D eigenvalue weighted by Gasteiger charge is 2.22. The summed E-state index contributed by atoms with van der Waals surface area (Å²) < 4.78 is 0. The molecular weight excluding hydrogens is 296 g/mol. The van der Waals surface area contributed by atoms with Crippen molar-refractivity contribution in [2.75, 3.05) is 18.0 Å². The van der Waals surface area contributed by atoms with Crippen molar-refractivity contribution in [3.8, 4) is 0 Å². The van der Waals surface area contributed by atoms with Crippen molar-refractivity contribution in [1.29, 1.82) is 0 Å². The third kappa shape index (κ3) is 3.11. The lowest BCUT2D eigenvalue weighted by atomic mass is 10.2. The molecule has 1 saturated heterocycles. The Morgan fingerprint density at radius 3 is 2.82 bits per heavy atom. The molecule has 3 heterocycles. The first kappa shape index (κ1) is 15.0. The van der Waals surface area contributed by atoms with Crippen LogP contribution < -0.4 is 10.2 Å². The van der Waals surface area contributed by atoms with Gasteiger partial charge in [0.2, 0.25) is 0 Å². The number of pyridine rings is 1. The second-order valence-corrected chi connectivity index (χ2v) is 6.84. The van der Waals surface area contributed by atoms with E-state index < -0.39 is 0 Å². The molecule has 1 aliphatic heterocycles. The minimum Gasteiger partial charge on any atom is -0.356 e. The van der Waals surface area contributed by atoms with E-state index in [0.717, 1.165) is 41.6 Å². The zero-order valence-electron chi connectivity index (χ0n) is 12.9. The summed E-state index contributed by atoms with van der Waals surface area (Å²) in [5.74, 6) is 0.704. The van der Waals surface area contributed by atoms with Crippen LogP contribution in [-0.4, -0.2) is 29.0 Å². The highest BCUT2D eigenvalue weighted by molar-refractivity contribution is 7.11. The first-order valence-corrected chi connectivity index (χ1v) is 8.40. The quantitative estimate of drug-likeness (QED) is 0.942. The molecular formula is C16H20N4OS. The summed E-state index contributed by atoms with van der Waals surface area (Å²) in [6.45, 7) is 5.92. The lowest BCUT2D eigenvalue weighted by Crippen LogP contribution is -2.30. The van der Waals surface area contributed by atoms with E-state index in [0.29, 0.717) is 5.56 Å². The lowest BCUT2D eigenvalue weighted by Gasteiger charge is -2.20. The Morgan fingerprint density at radius 1 is 1.36 bits per heavy atom. The van der Waals surface area contributed by atoms with E-state index in [1.165, 1.54) is 0 Å². The molecule has 1 atom stereocenters. The normalized spacial score (nSPS) is 15.8. The van der Waals surface area contributed by atoms with E-state index in [1.807, 2.05) is 32.2 Å². The van der Waals surface area contributed by atoms with Crippen LogP contribution >= 0.6 is 11.3 Å². The van der Waals surface area contributed by atoms with Crippen molar-refractivity contribution in [3.63, 3.8) is 0 Å². The second kappa shape index (κ2) is 6.44. The molecule has 0 spiro atoms. The first-order valence-electron chi connectivity index (χ1n) is 7.58. The summed E-state index contributed by atoms with van der Waals surface area (Å²) in [6, 6.07) is 3.56. The van der Waals surface area contributed by atoms with Gasteiger partial charge in [0, 0.05) is 30.4 Å². The molecule has 1 fully saturated rings. The number of anilines is 1. The molecule has 0 aromatic carbocycles. The van der Waals surface area contributed by atoms with Crippen LogP contribution in [0.5, 0.6) is 0 Å². The minimum absolute atomic E-state index is 0.0876. The largest absolute Gasteiger partial charge is 0.356 e. The zero-order chi connectivity index (χ0) is 15.5. The average molecular weight is 316 g/mol. The van der Waals surface area contributed by atoms with Crippen LogP contribution in [0.15, 0.2) is 24.5 Å². The molecule has 5 nitrogen and oxygen atoms in total. The Hall–Kier alpha value is -1.95. The molecule has 0 bridgehead atoms. The summed E-state index contributed by atoms with van der Waals surface area (Å²) in [4.78, 5) is 24.7. The number of hydrogen-bond acceptors (Lipinski definition) is 5. The van der Waals surface area contributed by atoms with Crippen LogP contribution in [0.1, 0.15) is 46.0 Å². The van der Waals surface area contributed by atoms with Gasteiger partial charge in [-0.15, -0.1) is 11.3 Å². The summed E-state index contributed by atoms with van der Waals surface area (Å²) in [6.07, 6.45) is 5.90. The van der Waals surface area contributed by atoms with Crippen molar-refractivity contribution < 1.29 is 4.79 Å². The Kier molecular flexibility index (Phi) is 4.38. The SMILES string of the molecule is Cc1cnc(C(C)NC(=O)c2cccnc2N2CCCC2)s1. The van der Waals surface area contributed by atoms with Gasteiger partial charge in [-0.2, -0.15) is 0 Å². The van der Waals surface area contributed by atoms with Gasteiger partial charge in [-0.1, -0.05) is 0 Å². The molecule has 116 valence electrons. The van der Waals surface area contributed by atoms with E-state index >= 15 is 0 Å². The van der Waals surface area contributed by atoms with Gasteiger partial charge in [0.25, 0.3) is 5.91 Å². The number of carbonyl (C=O) groups excluding carboxylic acids is 1. The number of aromatic nitrogens is 2. The number of hydrogen-bond donors (Lipinski definition) is 1. The van der Waals surface area contributed by atoms with Crippen molar-refractivity contribution in [1.82, 2.24) is 15.3 Å². The molecule has 22 heavy (non-hydrogen) atoms. The molecule has 1 aliphatic rings. The number of nitrogens with one attached hydrogen (secondary N) is 1. The van der Waals surface area contributed by atoms with Gasteiger partial charge in [-0.05, 0) is 38.8 Å². The zero-order valence-corrected chi connectivity index (χ0v) is 13.7. The van der Waals surface area contributed by atoms with E-state index in [9.17, 15) is 4.79 Å². The fourth-order valence-electron chi connectivity index (χ4n) is 2.66. The topological polar surface area (TPSA) is 58.1 Å². The lowest BCUT2D eigenvalue weighted by molar-refractivity contribution is 0.0940. The van der Waals surface area contributed by atoms with Gasteiger partial charge in [-0.25, -0.2) is 9.97 Å². The summed E-state index contributed by atoms with van der Waals surface area (Å²) in [5, 5.41) is 3.96. The van der Waals surface area contributed by atoms with Crippen LogP contribution in [0, 0.1) is 6.92 Å². The summed E-state index contributed by atoms with van der Waals surface area (Å²) in [7, 11) is 0. The summed E-state index contributed by atoms with van der Waals surface area (Å²) in [5.41, 5.74) is 0.643. The molecule has 0 aliphatic carbocycles. The van der Waals surface area contributed by atoms with E-state index in [2.05, 4.69) is 20.2 Å². The van der Waals surface area contributed by atoms with Crippen molar-refractivity contribution in [3.05, 3.63) is 40.0 Å². The fraction of sp³-hybridized carbons (Fsp3) is 0.438. The van der Waals surface area contributed by atoms with Gasteiger partial charge in [0.15, 0.2) is 0 Å². The number of aryl methyl sites for hydroxylation is 1. The Balaban J connectivity index is 1.77. The maximum absolute atomic E-state index is 12.6. The van der Waals surface area contributed by atoms with Crippen LogP contribution in [0.2, 0.25) is 0 Å². The number of amides is 1. The highest BCUT2D eigenvalue weighted by Crippen LogP contribution is 2.24. The van der Waals surface area contributed by atoms with E-state index in [1.54, 1.807) is 17.5 Å². The molecule has 1 N–H and O–H groups in total. The van der Waals surface area contributed by atoms with Crippen molar-refractivity contribution >= 4 is 23.1 Å². The second-order valence-electron chi connectivity index (χ2n) is 5.57. The standard InChI is InChI=1S/C16H20N4OS/c1-11-10-18-16(22-11)12(2)19-15(21)13-6-5-7-17-14(13)20-8-3-4-9-20/h5-7,10,12H,3-4,8-9H2,1-2H3,(H,19,21). The maximum atomic E-state index is 12.6. The third-order valence-corrected chi connectivity index (χ3v) is 4.89. The van der Waals surface area contributed by atoms with Gasteiger partial charge < -0.3 is 10.2 Å². The molecule has 0 radical (unpaired) electrons. The monoisotopic (exact) mass is 316 g/mol. The van der Waals surface area contributed by atoms with Crippen LogP contribution in [0.25, 0.3) is 0 Å². The number of nitrogens with zero attached hydrogens (tertiary/aromatic N) is 3. The highest BCUT2D eigenvalue weighted by atomic mass is 32.1. The molecule has 3 rings (SSSR count). The van der Waals surface area contributed by atoms with Gasteiger partial charge in [-0.3, -0.25) is 4.79 Å². The van der Waals surface area contributed by atoms with Crippen LogP contribution in [0.3, 0.4) is 0 Å². The molecule has 6 heteroatoms. The van der Waals surface area contributed by atoms with Gasteiger partial charge >= 0.3 is 0 Å². The Bertz CT molecular complexity index is 664. The van der Waals surface area contributed by atoms with Gasteiger partial charge in [0.05, 0.1) is 11.6 Å². The Labute approximate surface area is 134 Å². The third-order valence-electron chi connectivity index (χ3n) is 3.79. The average Bonchev–Trinajstić information content (AvgIpc) is 3.18. The minimum atomic E-state index is -0.0992. The fourth-order valence-corrected chi connectivity index (χ4v) is 3.44. The van der Waals surface area contributed by atoms with Crippen LogP contribution in [0.4, 0.5) is 5.82 Å². The molecule has 2 aromatic heterocycles. The molecule has 1 unspecified atom stereocenters. The molecule has 1 amide bonds. The van der Waals surface area contributed by atoms with E-state index in [-0.39, 0.29) is 11.9 Å². The molecule has 0 saturated carbocycles. The van der Waals surface area contributed by atoms with E-state index in [4.69, 9.17) is 0 Å². The number of rotatable bonds is 4. The number of thiazole rings is 1.